The van der Waals surface area contributed by atoms with Crippen LogP contribution in [-0.4, -0.2) is 37.1 Å². The van der Waals surface area contributed by atoms with Gasteiger partial charge >= 0.3 is 0 Å². The summed E-state index contributed by atoms with van der Waals surface area (Å²) >= 11 is 0. The Morgan fingerprint density at radius 1 is 1.21 bits per heavy atom. The summed E-state index contributed by atoms with van der Waals surface area (Å²) in [5, 5.41) is 3.34. The zero-order valence-corrected chi connectivity index (χ0v) is 18.2. The maximum Gasteiger partial charge on any atom is 0.227 e. The van der Waals surface area contributed by atoms with Gasteiger partial charge in [-0.1, -0.05) is 48.9 Å². The molecule has 1 aliphatic carbocycles. The van der Waals surface area contributed by atoms with Crippen molar-refractivity contribution in [2.24, 2.45) is 10.6 Å². The standard InChI is InChI=1S/C24H32N2O3/c1-16-7-9-18(10-8-16)20-13-21-22(14-19(20)17(2)25-28)26(11-6-12-29-5)23(27)15-24(21,3)4/h7-10,17H,6,11-15H2,1-5H3. The molecule has 1 aromatic rings. The molecule has 1 aromatic carbocycles. The Morgan fingerprint density at radius 3 is 2.52 bits per heavy atom. The molecule has 1 atom stereocenters. The van der Waals surface area contributed by atoms with E-state index in [1.807, 2.05) is 11.8 Å². The molecule has 1 amide bonds. The number of benzene rings is 1. The van der Waals surface area contributed by atoms with Crippen LogP contribution >= 0.6 is 0 Å². The summed E-state index contributed by atoms with van der Waals surface area (Å²) in [6, 6.07) is 8.06. The molecule has 0 aromatic heterocycles. The Labute approximate surface area is 173 Å². The van der Waals surface area contributed by atoms with E-state index in [1.54, 1.807) is 7.11 Å². The lowest BCUT2D eigenvalue weighted by molar-refractivity contribution is -0.132. The second-order valence-electron chi connectivity index (χ2n) is 8.88. The number of carbonyl (C=O) groups excluding carboxylic acids is 1. The summed E-state index contributed by atoms with van der Waals surface area (Å²) in [6.07, 6.45) is 2.67. The number of ether oxygens (including phenoxy) is 1. The molecule has 29 heavy (non-hydrogen) atoms. The number of hydrogen-bond acceptors (Lipinski definition) is 4. The van der Waals surface area contributed by atoms with E-state index in [0.717, 1.165) is 29.7 Å². The predicted octanol–water partition coefficient (Wildman–Crippen LogP) is 5.25. The highest BCUT2D eigenvalue weighted by atomic mass is 16.5. The van der Waals surface area contributed by atoms with E-state index >= 15 is 0 Å². The van der Waals surface area contributed by atoms with Crippen LogP contribution in [0.4, 0.5) is 0 Å². The van der Waals surface area contributed by atoms with Crippen molar-refractivity contribution in [3.63, 3.8) is 0 Å². The number of rotatable bonds is 7. The van der Waals surface area contributed by atoms with Crippen LogP contribution in [0.5, 0.6) is 0 Å². The zero-order chi connectivity index (χ0) is 21.2. The van der Waals surface area contributed by atoms with Crippen molar-refractivity contribution in [1.82, 2.24) is 4.90 Å². The first-order chi connectivity index (χ1) is 13.8. The second kappa shape index (κ2) is 8.62. The smallest absolute Gasteiger partial charge is 0.227 e. The molecule has 0 radical (unpaired) electrons. The molecule has 5 nitrogen and oxygen atoms in total. The Hall–Kier alpha value is -2.27. The van der Waals surface area contributed by atoms with Crippen LogP contribution in [0.2, 0.25) is 0 Å². The quantitative estimate of drug-likeness (QED) is 0.467. The summed E-state index contributed by atoms with van der Waals surface area (Å²) in [5.74, 6) is 0.162. The van der Waals surface area contributed by atoms with Gasteiger partial charge in [0.2, 0.25) is 5.91 Å². The lowest BCUT2D eigenvalue weighted by Crippen LogP contribution is -2.43. The first kappa shape index (κ1) is 21.4. The van der Waals surface area contributed by atoms with Crippen LogP contribution in [0.3, 0.4) is 0 Å². The highest BCUT2D eigenvalue weighted by molar-refractivity contribution is 5.84. The van der Waals surface area contributed by atoms with Gasteiger partial charge in [0, 0.05) is 38.8 Å². The highest BCUT2D eigenvalue weighted by Gasteiger charge is 2.41. The van der Waals surface area contributed by atoms with Gasteiger partial charge in [-0.2, -0.15) is 4.91 Å². The SMILES string of the molecule is COCCCN1C(=O)CC(C)(C)C2=C1CC(C(C)N=O)=C(c1ccc(C)cc1)C2. The third-order valence-electron chi connectivity index (χ3n) is 6.28. The van der Waals surface area contributed by atoms with Crippen LogP contribution in [0, 0.1) is 17.2 Å². The zero-order valence-electron chi connectivity index (χ0n) is 18.2. The Bertz CT molecular complexity index is 849. The number of aryl methyl sites for hydroxylation is 1. The van der Waals surface area contributed by atoms with Crippen LogP contribution in [0.1, 0.15) is 57.6 Å². The highest BCUT2D eigenvalue weighted by Crippen LogP contribution is 2.49. The van der Waals surface area contributed by atoms with E-state index < -0.39 is 6.04 Å². The van der Waals surface area contributed by atoms with Crippen molar-refractivity contribution in [3.8, 4) is 0 Å². The van der Waals surface area contributed by atoms with Gasteiger partial charge in [-0.15, -0.1) is 0 Å². The molecule has 3 rings (SSSR count). The van der Waals surface area contributed by atoms with Crippen molar-refractivity contribution in [3.05, 3.63) is 57.1 Å². The number of methoxy groups -OCH3 is 1. The molecule has 0 bridgehead atoms. The monoisotopic (exact) mass is 396 g/mol. The fraction of sp³-hybridized carbons (Fsp3) is 0.542. The molecule has 1 aliphatic heterocycles. The number of nitrogens with zero attached hydrogens (tertiary/aromatic N) is 2. The van der Waals surface area contributed by atoms with Gasteiger partial charge in [0.05, 0.1) is 0 Å². The maximum absolute atomic E-state index is 12.9. The molecule has 0 fully saturated rings. The van der Waals surface area contributed by atoms with Crippen molar-refractivity contribution in [2.45, 2.75) is 59.4 Å². The van der Waals surface area contributed by atoms with Crippen molar-refractivity contribution < 1.29 is 9.53 Å². The van der Waals surface area contributed by atoms with Crippen molar-refractivity contribution in [2.75, 3.05) is 20.3 Å². The lowest BCUT2D eigenvalue weighted by Gasteiger charge is -2.44. The van der Waals surface area contributed by atoms with Crippen LogP contribution in [0.15, 0.2) is 46.3 Å². The summed E-state index contributed by atoms with van der Waals surface area (Å²) < 4.78 is 5.19. The van der Waals surface area contributed by atoms with Crippen LogP contribution in [-0.2, 0) is 9.53 Å². The van der Waals surface area contributed by atoms with E-state index in [2.05, 4.69) is 50.2 Å². The van der Waals surface area contributed by atoms with E-state index in [1.165, 1.54) is 16.7 Å². The molecule has 2 aliphatic rings. The topological polar surface area (TPSA) is 59.0 Å². The normalized spacial score (nSPS) is 20.0. The van der Waals surface area contributed by atoms with E-state index in [4.69, 9.17) is 4.74 Å². The summed E-state index contributed by atoms with van der Waals surface area (Å²) in [7, 11) is 1.68. The Morgan fingerprint density at radius 2 is 1.90 bits per heavy atom. The molecule has 5 heteroatoms. The van der Waals surface area contributed by atoms with Crippen molar-refractivity contribution in [1.29, 1.82) is 0 Å². The van der Waals surface area contributed by atoms with Crippen molar-refractivity contribution >= 4 is 11.5 Å². The molecule has 1 heterocycles. The molecule has 1 unspecified atom stereocenters. The second-order valence-corrected chi connectivity index (χ2v) is 8.88. The third kappa shape index (κ3) is 4.35. The first-order valence-electron chi connectivity index (χ1n) is 10.4. The summed E-state index contributed by atoms with van der Waals surface area (Å²) in [6.45, 7) is 9.52. The average molecular weight is 397 g/mol. The molecular weight excluding hydrogens is 364 g/mol. The van der Waals surface area contributed by atoms with Gasteiger partial charge in [-0.05, 0) is 54.4 Å². The van der Waals surface area contributed by atoms with E-state index in [9.17, 15) is 9.70 Å². The van der Waals surface area contributed by atoms with Crippen LogP contribution < -0.4 is 0 Å². The first-order valence-corrected chi connectivity index (χ1v) is 10.4. The number of allylic oxidation sites excluding steroid dienone is 3. The lowest BCUT2D eigenvalue weighted by atomic mass is 9.69. The minimum Gasteiger partial charge on any atom is -0.385 e. The van der Waals surface area contributed by atoms with Gasteiger partial charge in [0.15, 0.2) is 0 Å². The maximum atomic E-state index is 12.9. The van der Waals surface area contributed by atoms with Gasteiger partial charge in [-0.3, -0.25) is 4.79 Å². The third-order valence-corrected chi connectivity index (χ3v) is 6.28. The van der Waals surface area contributed by atoms with E-state index in [-0.39, 0.29) is 11.3 Å². The fourth-order valence-corrected chi connectivity index (χ4v) is 4.54. The minimum atomic E-state index is -0.415. The molecule has 0 saturated heterocycles. The molecule has 0 N–H and O–H groups in total. The number of amides is 1. The van der Waals surface area contributed by atoms with Gasteiger partial charge < -0.3 is 9.64 Å². The fourth-order valence-electron chi connectivity index (χ4n) is 4.54. The predicted molar refractivity (Wildman–Crippen MR) is 116 cm³/mol. The Kier molecular flexibility index (Phi) is 6.37. The van der Waals surface area contributed by atoms with Crippen LogP contribution in [0.25, 0.3) is 5.57 Å². The van der Waals surface area contributed by atoms with E-state index in [0.29, 0.717) is 26.0 Å². The molecule has 0 spiro atoms. The number of carbonyl (C=O) groups is 1. The number of hydrogen-bond donors (Lipinski definition) is 0. The minimum absolute atomic E-state index is 0.162. The summed E-state index contributed by atoms with van der Waals surface area (Å²) in [4.78, 5) is 26.4. The van der Waals surface area contributed by atoms with Gasteiger partial charge in [0.1, 0.15) is 6.04 Å². The molecule has 156 valence electrons. The van der Waals surface area contributed by atoms with Gasteiger partial charge in [-0.25, -0.2) is 0 Å². The van der Waals surface area contributed by atoms with Gasteiger partial charge in [0.25, 0.3) is 0 Å². The number of nitroso groups, excluding NO2 is 1. The summed E-state index contributed by atoms with van der Waals surface area (Å²) in [5.41, 5.74) is 6.77. The molecule has 0 saturated carbocycles. The Balaban J connectivity index is 2.05. The largest absolute Gasteiger partial charge is 0.385 e. The average Bonchev–Trinajstić information content (AvgIpc) is 2.69. The molecular formula is C24H32N2O3.